The third-order valence-corrected chi connectivity index (χ3v) is 4.07. The van der Waals surface area contributed by atoms with Gasteiger partial charge in [0, 0.05) is 48.5 Å². The molecule has 3 N–H and O–H groups in total. The second-order valence-electron chi connectivity index (χ2n) is 6.21. The molecule has 0 fully saturated rings. The van der Waals surface area contributed by atoms with Gasteiger partial charge in [-0.2, -0.15) is 14.6 Å². The van der Waals surface area contributed by atoms with E-state index in [4.69, 9.17) is 0 Å². The Morgan fingerprint density at radius 3 is 2.66 bits per heavy atom. The van der Waals surface area contributed by atoms with Crippen molar-refractivity contribution in [3.63, 3.8) is 0 Å². The molecule has 0 radical (unpaired) electrons. The van der Waals surface area contributed by atoms with Crippen LogP contribution in [0.4, 0.5) is 17.5 Å². The van der Waals surface area contributed by atoms with Crippen molar-refractivity contribution in [3.8, 4) is 0 Å². The average Bonchev–Trinajstić information content (AvgIpc) is 3.21. The molecule has 10 nitrogen and oxygen atoms in total. The van der Waals surface area contributed by atoms with Crippen LogP contribution in [0.15, 0.2) is 55.1 Å². The maximum Gasteiger partial charge on any atom is 0.254 e. The van der Waals surface area contributed by atoms with E-state index in [2.05, 4.69) is 41.0 Å². The van der Waals surface area contributed by atoms with Gasteiger partial charge in [0.25, 0.3) is 11.7 Å². The normalized spacial score (nSPS) is 10.7. The maximum atomic E-state index is 12.3. The number of carbonyl (C=O) groups is 1. The second kappa shape index (κ2) is 8.30. The van der Waals surface area contributed by atoms with Crippen LogP contribution >= 0.6 is 0 Å². The number of rotatable bonds is 7. The first-order valence-corrected chi connectivity index (χ1v) is 9.02. The van der Waals surface area contributed by atoms with Gasteiger partial charge in [-0.15, -0.1) is 0 Å². The number of carbonyl (C=O) groups excluding carboxylic acids is 1. The van der Waals surface area contributed by atoms with Crippen LogP contribution in [-0.2, 0) is 0 Å². The first-order valence-electron chi connectivity index (χ1n) is 9.02. The van der Waals surface area contributed by atoms with Crippen LogP contribution in [0.25, 0.3) is 5.78 Å². The first kappa shape index (κ1) is 18.3. The Hall–Kier alpha value is -4.08. The smallest absolute Gasteiger partial charge is 0.254 e. The van der Waals surface area contributed by atoms with Gasteiger partial charge < -0.3 is 16.0 Å². The maximum absolute atomic E-state index is 12.3. The predicted molar refractivity (Wildman–Crippen MR) is 108 cm³/mol. The molecular formula is C19H19N9O. The molecule has 0 aliphatic heterocycles. The van der Waals surface area contributed by atoms with Gasteiger partial charge in [0.2, 0.25) is 5.95 Å². The summed E-state index contributed by atoms with van der Waals surface area (Å²) < 4.78 is 1.62. The molecule has 0 spiro atoms. The van der Waals surface area contributed by atoms with Crippen LogP contribution in [-0.4, -0.2) is 48.5 Å². The van der Waals surface area contributed by atoms with Crippen LogP contribution in [0.3, 0.4) is 0 Å². The minimum Gasteiger partial charge on any atom is -0.368 e. The van der Waals surface area contributed by atoms with Gasteiger partial charge in [0.1, 0.15) is 12.1 Å². The van der Waals surface area contributed by atoms with E-state index < -0.39 is 0 Å². The number of anilines is 3. The minimum atomic E-state index is -0.147. The molecule has 29 heavy (non-hydrogen) atoms. The summed E-state index contributed by atoms with van der Waals surface area (Å²) in [5.74, 6) is 1.67. The molecule has 3 heterocycles. The number of aromatic nitrogens is 6. The topological polar surface area (TPSA) is 122 Å². The Morgan fingerprint density at radius 1 is 1.07 bits per heavy atom. The van der Waals surface area contributed by atoms with E-state index in [0.29, 0.717) is 30.4 Å². The molecule has 4 aromatic rings. The van der Waals surface area contributed by atoms with Crippen molar-refractivity contribution in [2.75, 3.05) is 23.7 Å². The molecule has 0 atom stereocenters. The zero-order chi connectivity index (χ0) is 20.1. The molecule has 0 unspecified atom stereocenters. The Balaban J connectivity index is 1.29. The SMILES string of the molecule is Cc1cc(NCCNC(=O)c2ccc(Nc3ncccn3)cc2)n2ncnc2n1. The molecule has 0 saturated heterocycles. The Morgan fingerprint density at radius 2 is 1.86 bits per heavy atom. The molecule has 0 bridgehead atoms. The van der Waals surface area contributed by atoms with Crippen molar-refractivity contribution in [1.29, 1.82) is 0 Å². The summed E-state index contributed by atoms with van der Waals surface area (Å²) in [7, 11) is 0. The number of aryl methyl sites for hydroxylation is 1. The molecule has 0 aliphatic carbocycles. The molecule has 1 aromatic carbocycles. The summed E-state index contributed by atoms with van der Waals surface area (Å²) in [6, 6.07) is 10.7. The van der Waals surface area contributed by atoms with Gasteiger partial charge in [-0.1, -0.05) is 0 Å². The second-order valence-corrected chi connectivity index (χ2v) is 6.21. The highest BCUT2D eigenvalue weighted by molar-refractivity contribution is 5.94. The summed E-state index contributed by atoms with van der Waals surface area (Å²) in [6.07, 6.45) is 4.77. The summed E-state index contributed by atoms with van der Waals surface area (Å²) in [6.45, 7) is 2.88. The summed E-state index contributed by atoms with van der Waals surface area (Å²) in [4.78, 5) is 28.9. The van der Waals surface area contributed by atoms with Crippen molar-refractivity contribution < 1.29 is 4.79 Å². The lowest BCUT2D eigenvalue weighted by atomic mass is 10.2. The molecule has 10 heteroatoms. The molecular weight excluding hydrogens is 370 g/mol. The van der Waals surface area contributed by atoms with E-state index in [-0.39, 0.29) is 5.91 Å². The van der Waals surface area contributed by atoms with Gasteiger partial charge in [0.15, 0.2) is 0 Å². The lowest BCUT2D eigenvalue weighted by Gasteiger charge is -2.10. The van der Waals surface area contributed by atoms with Crippen LogP contribution in [0.2, 0.25) is 0 Å². The van der Waals surface area contributed by atoms with E-state index in [0.717, 1.165) is 17.2 Å². The molecule has 4 rings (SSSR count). The van der Waals surface area contributed by atoms with E-state index in [1.807, 2.05) is 25.1 Å². The van der Waals surface area contributed by atoms with Gasteiger partial charge in [-0.3, -0.25) is 4.79 Å². The largest absolute Gasteiger partial charge is 0.368 e. The van der Waals surface area contributed by atoms with Crippen molar-refractivity contribution in [2.24, 2.45) is 0 Å². The zero-order valence-corrected chi connectivity index (χ0v) is 15.7. The van der Waals surface area contributed by atoms with E-state index >= 15 is 0 Å². The van der Waals surface area contributed by atoms with Crippen molar-refractivity contribution in [2.45, 2.75) is 6.92 Å². The zero-order valence-electron chi connectivity index (χ0n) is 15.7. The highest BCUT2D eigenvalue weighted by atomic mass is 16.1. The number of nitrogens with one attached hydrogen (secondary N) is 3. The highest BCUT2D eigenvalue weighted by Crippen LogP contribution is 2.13. The Kier molecular flexibility index (Phi) is 5.23. The first-order chi connectivity index (χ1) is 14.2. The van der Waals surface area contributed by atoms with Crippen LogP contribution < -0.4 is 16.0 Å². The minimum absolute atomic E-state index is 0.147. The van der Waals surface area contributed by atoms with Gasteiger partial charge in [-0.25, -0.2) is 15.0 Å². The van der Waals surface area contributed by atoms with Crippen molar-refractivity contribution in [1.82, 2.24) is 34.9 Å². The van der Waals surface area contributed by atoms with Gasteiger partial charge in [0.05, 0.1) is 0 Å². The highest BCUT2D eigenvalue weighted by Gasteiger charge is 2.07. The number of hydrogen-bond acceptors (Lipinski definition) is 8. The molecule has 1 amide bonds. The van der Waals surface area contributed by atoms with Crippen LogP contribution in [0.1, 0.15) is 16.1 Å². The quantitative estimate of drug-likeness (QED) is 0.409. The van der Waals surface area contributed by atoms with Gasteiger partial charge in [-0.05, 0) is 37.3 Å². The Labute approximate surface area is 166 Å². The fourth-order valence-electron chi connectivity index (χ4n) is 2.72. The molecule has 3 aromatic heterocycles. The van der Waals surface area contributed by atoms with Crippen LogP contribution in [0, 0.1) is 6.92 Å². The number of hydrogen-bond donors (Lipinski definition) is 3. The summed E-state index contributed by atoms with van der Waals surface area (Å²) >= 11 is 0. The summed E-state index contributed by atoms with van der Waals surface area (Å²) in [5.41, 5.74) is 2.22. The van der Waals surface area contributed by atoms with Crippen molar-refractivity contribution >= 4 is 29.1 Å². The summed E-state index contributed by atoms with van der Waals surface area (Å²) in [5, 5.41) is 13.3. The van der Waals surface area contributed by atoms with E-state index in [1.54, 1.807) is 35.1 Å². The van der Waals surface area contributed by atoms with E-state index in [1.165, 1.54) is 6.33 Å². The lowest BCUT2D eigenvalue weighted by Crippen LogP contribution is -2.29. The predicted octanol–water partition coefficient (Wildman–Crippen LogP) is 1.81. The van der Waals surface area contributed by atoms with Crippen LogP contribution in [0.5, 0.6) is 0 Å². The Bertz CT molecular complexity index is 1110. The fraction of sp³-hybridized carbons (Fsp3) is 0.158. The third kappa shape index (κ3) is 4.43. The molecule has 146 valence electrons. The van der Waals surface area contributed by atoms with E-state index in [9.17, 15) is 4.79 Å². The molecule has 0 saturated carbocycles. The standard InChI is InChI=1S/C19H19N9O/c1-13-11-16(28-19(26-13)24-12-25-28)20-9-10-21-17(29)14-3-5-15(6-4-14)27-18-22-7-2-8-23-18/h2-8,11-12,20H,9-10H2,1H3,(H,21,29)(H,22,23,27). The lowest BCUT2D eigenvalue weighted by molar-refractivity contribution is 0.0955. The number of amides is 1. The fourth-order valence-corrected chi connectivity index (χ4v) is 2.72. The molecule has 0 aliphatic rings. The average molecular weight is 389 g/mol. The number of benzene rings is 1. The van der Waals surface area contributed by atoms with Gasteiger partial charge >= 0.3 is 0 Å². The van der Waals surface area contributed by atoms with Crippen molar-refractivity contribution in [3.05, 3.63) is 66.4 Å². The number of nitrogens with zero attached hydrogens (tertiary/aromatic N) is 6. The monoisotopic (exact) mass is 389 g/mol. The number of fused-ring (bicyclic) bond motifs is 1. The third-order valence-electron chi connectivity index (χ3n) is 4.07.